The maximum Gasteiger partial charge on any atom is 0.0484 e. The lowest BCUT2D eigenvalue weighted by molar-refractivity contribution is -0.0330. The zero-order valence-corrected chi connectivity index (χ0v) is 11.3. The molecule has 1 unspecified atom stereocenters. The van der Waals surface area contributed by atoms with E-state index in [9.17, 15) is 0 Å². The van der Waals surface area contributed by atoms with Crippen molar-refractivity contribution in [3.63, 3.8) is 0 Å². The van der Waals surface area contributed by atoms with Gasteiger partial charge in [0.1, 0.15) is 0 Å². The molecule has 4 heteroatoms. The Morgan fingerprint density at radius 2 is 2.06 bits per heavy atom. The Bertz CT molecular complexity index is 239. The lowest BCUT2D eigenvalue weighted by Gasteiger charge is -2.47. The van der Waals surface area contributed by atoms with Gasteiger partial charge in [0.25, 0.3) is 0 Å². The fourth-order valence-electron chi connectivity index (χ4n) is 3.43. The van der Waals surface area contributed by atoms with E-state index in [4.69, 9.17) is 10.5 Å². The summed E-state index contributed by atoms with van der Waals surface area (Å²) < 4.78 is 5.51. The molecule has 0 aromatic carbocycles. The summed E-state index contributed by atoms with van der Waals surface area (Å²) in [7, 11) is 4.32. The summed E-state index contributed by atoms with van der Waals surface area (Å²) in [5.74, 6) is 0. The fraction of sp³-hybridized carbons (Fsp3) is 1.00. The third-order valence-electron chi connectivity index (χ3n) is 4.37. The van der Waals surface area contributed by atoms with Gasteiger partial charge in [-0.1, -0.05) is 0 Å². The molecular formula is C13H27N3O. The van der Waals surface area contributed by atoms with Crippen molar-refractivity contribution in [2.24, 2.45) is 5.73 Å². The van der Waals surface area contributed by atoms with E-state index in [1.807, 2.05) is 0 Å². The van der Waals surface area contributed by atoms with Crippen LogP contribution in [0.15, 0.2) is 0 Å². The smallest absolute Gasteiger partial charge is 0.0484 e. The maximum atomic E-state index is 6.10. The minimum Gasteiger partial charge on any atom is -0.381 e. The summed E-state index contributed by atoms with van der Waals surface area (Å²) in [5, 5.41) is 0. The first-order valence-corrected chi connectivity index (χ1v) is 6.87. The Kier molecular flexibility index (Phi) is 4.42. The van der Waals surface area contributed by atoms with E-state index >= 15 is 0 Å². The number of rotatable bonds is 4. The van der Waals surface area contributed by atoms with Crippen LogP contribution in [0.2, 0.25) is 0 Å². The molecule has 2 fully saturated rings. The summed E-state index contributed by atoms with van der Waals surface area (Å²) in [6.07, 6.45) is 4.85. The van der Waals surface area contributed by atoms with E-state index in [1.165, 1.54) is 19.4 Å². The monoisotopic (exact) mass is 241 g/mol. The van der Waals surface area contributed by atoms with E-state index in [-0.39, 0.29) is 5.54 Å². The van der Waals surface area contributed by atoms with Gasteiger partial charge in [0.05, 0.1) is 0 Å². The standard InChI is InChI=1S/C13H27N3O/c1-15(2)10-12-4-3-7-16(12)13(11-14)5-8-17-9-6-13/h12H,3-11,14H2,1-2H3. The molecule has 2 N–H and O–H groups in total. The van der Waals surface area contributed by atoms with Crippen molar-refractivity contribution in [2.75, 3.05) is 46.9 Å². The Labute approximate surface area is 105 Å². The first-order valence-electron chi connectivity index (χ1n) is 6.87. The van der Waals surface area contributed by atoms with E-state index in [0.29, 0.717) is 6.04 Å². The van der Waals surface area contributed by atoms with Gasteiger partial charge in [-0.2, -0.15) is 0 Å². The van der Waals surface area contributed by atoms with Crippen LogP contribution in [0, 0.1) is 0 Å². The molecule has 2 aliphatic rings. The SMILES string of the molecule is CN(C)CC1CCCN1C1(CN)CCOCC1. The van der Waals surface area contributed by atoms with Gasteiger partial charge in [-0.25, -0.2) is 0 Å². The number of likely N-dealkylation sites (tertiary alicyclic amines) is 1. The predicted molar refractivity (Wildman–Crippen MR) is 70.1 cm³/mol. The zero-order chi connectivity index (χ0) is 12.3. The van der Waals surface area contributed by atoms with Crippen LogP contribution in [0.4, 0.5) is 0 Å². The second-order valence-corrected chi connectivity index (χ2v) is 5.79. The molecule has 2 rings (SSSR count). The molecule has 2 aliphatic heterocycles. The van der Waals surface area contributed by atoms with Crippen LogP contribution in [0.5, 0.6) is 0 Å². The van der Waals surface area contributed by atoms with Crippen LogP contribution in [-0.4, -0.2) is 68.3 Å². The molecular weight excluding hydrogens is 214 g/mol. The number of ether oxygens (including phenoxy) is 1. The average Bonchev–Trinajstić information content (AvgIpc) is 2.78. The molecule has 0 saturated carbocycles. The van der Waals surface area contributed by atoms with Gasteiger partial charge in [0, 0.05) is 37.9 Å². The Morgan fingerprint density at radius 1 is 1.35 bits per heavy atom. The van der Waals surface area contributed by atoms with Gasteiger partial charge in [0.15, 0.2) is 0 Å². The Morgan fingerprint density at radius 3 is 2.65 bits per heavy atom. The van der Waals surface area contributed by atoms with Crippen LogP contribution in [-0.2, 0) is 4.74 Å². The fourth-order valence-corrected chi connectivity index (χ4v) is 3.43. The summed E-state index contributed by atoms with van der Waals surface area (Å²) in [4.78, 5) is 4.99. The van der Waals surface area contributed by atoms with E-state index in [1.54, 1.807) is 0 Å². The third kappa shape index (κ3) is 2.81. The topological polar surface area (TPSA) is 41.7 Å². The van der Waals surface area contributed by atoms with Gasteiger partial charge in [0.2, 0.25) is 0 Å². The lowest BCUT2D eigenvalue weighted by Crippen LogP contribution is -2.59. The summed E-state index contributed by atoms with van der Waals surface area (Å²) in [6, 6.07) is 0.687. The molecule has 100 valence electrons. The van der Waals surface area contributed by atoms with Crippen molar-refractivity contribution < 1.29 is 4.74 Å². The molecule has 2 saturated heterocycles. The first-order chi connectivity index (χ1) is 8.18. The largest absolute Gasteiger partial charge is 0.381 e. The van der Waals surface area contributed by atoms with Crippen LogP contribution in [0.25, 0.3) is 0 Å². The van der Waals surface area contributed by atoms with Crippen molar-refractivity contribution in [3.8, 4) is 0 Å². The number of hydrogen-bond acceptors (Lipinski definition) is 4. The van der Waals surface area contributed by atoms with Gasteiger partial charge >= 0.3 is 0 Å². The maximum absolute atomic E-state index is 6.10. The van der Waals surface area contributed by atoms with Crippen LogP contribution in [0.1, 0.15) is 25.7 Å². The first kappa shape index (κ1) is 13.3. The van der Waals surface area contributed by atoms with Crippen molar-refractivity contribution >= 4 is 0 Å². The molecule has 0 amide bonds. The average molecular weight is 241 g/mol. The van der Waals surface area contributed by atoms with Gasteiger partial charge < -0.3 is 15.4 Å². The summed E-state index contributed by atoms with van der Waals surface area (Å²) in [5.41, 5.74) is 6.32. The minimum absolute atomic E-state index is 0.218. The number of nitrogens with zero attached hydrogens (tertiary/aromatic N) is 2. The van der Waals surface area contributed by atoms with Gasteiger partial charge in [-0.15, -0.1) is 0 Å². The van der Waals surface area contributed by atoms with Gasteiger partial charge in [-0.05, 0) is 46.3 Å². The van der Waals surface area contributed by atoms with E-state index < -0.39 is 0 Å². The molecule has 2 heterocycles. The van der Waals surface area contributed by atoms with E-state index in [2.05, 4.69) is 23.9 Å². The number of hydrogen-bond donors (Lipinski definition) is 1. The molecule has 0 aliphatic carbocycles. The van der Waals surface area contributed by atoms with Crippen LogP contribution >= 0.6 is 0 Å². The van der Waals surface area contributed by atoms with Crippen molar-refractivity contribution in [3.05, 3.63) is 0 Å². The van der Waals surface area contributed by atoms with Crippen molar-refractivity contribution in [1.82, 2.24) is 9.80 Å². The molecule has 0 aromatic heterocycles. The second kappa shape index (κ2) is 5.65. The molecule has 17 heavy (non-hydrogen) atoms. The molecule has 1 atom stereocenters. The third-order valence-corrected chi connectivity index (χ3v) is 4.37. The quantitative estimate of drug-likeness (QED) is 0.779. The second-order valence-electron chi connectivity index (χ2n) is 5.79. The normalized spacial score (nSPS) is 30.0. The highest BCUT2D eigenvalue weighted by atomic mass is 16.5. The molecule has 0 radical (unpaired) electrons. The lowest BCUT2D eigenvalue weighted by atomic mass is 9.87. The highest BCUT2D eigenvalue weighted by Crippen LogP contribution is 2.33. The van der Waals surface area contributed by atoms with Crippen LogP contribution < -0.4 is 5.73 Å². The van der Waals surface area contributed by atoms with Gasteiger partial charge in [-0.3, -0.25) is 4.90 Å². The zero-order valence-electron chi connectivity index (χ0n) is 11.3. The molecule has 4 nitrogen and oxygen atoms in total. The minimum atomic E-state index is 0.218. The van der Waals surface area contributed by atoms with Crippen LogP contribution in [0.3, 0.4) is 0 Å². The number of likely N-dealkylation sites (N-methyl/N-ethyl adjacent to an activating group) is 1. The predicted octanol–water partition coefficient (Wildman–Crippen LogP) is 0.520. The van der Waals surface area contributed by atoms with Crippen molar-refractivity contribution in [2.45, 2.75) is 37.3 Å². The molecule has 0 bridgehead atoms. The van der Waals surface area contributed by atoms with Crippen molar-refractivity contribution in [1.29, 1.82) is 0 Å². The highest BCUT2D eigenvalue weighted by Gasteiger charge is 2.42. The summed E-state index contributed by atoms with van der Waals surface area (Å²) >= 11 is 0. The molecule has 0 spiro atoms. The number of nitrogens with two attached hydrogens (primary N) is 1. The highest BCUT2D eigenvalue weighted by molar-refractivity contribution is 4.99. The van der Waals surface area contributed by atoms with E-state index in [0.717, 1.165) is 39.1 Å². The Hall–Kier alpha value is -0.160. The Balaban J connectivity index is 2.06. The molecule has 0 aromatic rings. The summed E-state index contributed by atoms with van der Waals surface area (Å²) in [6.45, 7) is 4.91.